The minimum absolute atomic E-state index is 0.0239. The summed E-state index contributed by atoms with van der Waals surface area (Å²) in [6.45, 7) is 5.99. The number of rotatable bonds is 4. The molecule has 0 N–H and O–H groups in total. The highest BCUT2D eigenvalue weighted by molar-refractivity contribution is 4.97. The molecule has 1 heterocycles. The van der Waals surface area contributed by atoms with E-state index in [2.05, 4.69) is 0 Å². The van der Waals surface area contributed by atoms with Crippen molar-refractivity contribution in [3.8, 4) is 0 Å². The molecule has 0 radical (unpaired) electrons. The van der Waals surface area contributed by atoms with E-state index < -0.39 is 5.92 Å². The Kier molecular flexibility index (Phi) is 4.68. The quantitative estimate of drug-likeness (QED) is 0.743. The number of nitrogens with zero attached hydrogens (tertiary/aromatic N) is 1. The molecule has 0 aromatic rings. The summed E-state index contributed by atoms with van der Waals surface area (Å²) < 4.78 is 30.9. The summed E-state index contributed by atoms with van der Waals surface area (Å²) in [5.74, 6) is -2.46. The van der Waals surface area contributed by atoms with Crippen LogP contribution in [0.4, 0.5) is 8.78 Å². The largest absolute Gasteiger partial charge is 0.384 e. The van der Waals surface area contributed by atoms with Crippen LogP contribution in [-0.2, 0) is 4.74 Å². The van der Waals surface area contributed by atoms with E-state index >= 15 is 0 Å². The number of likely N-dealkylation sites (tertiary alicyclic amines) is 1. The van der Waals surface area contributed by atoms with E-state index in [0.717, 1.165) is 26.0 Å². The van der Waals surface area contributed by atoms with Gasteiger partial charge in [0.15, 0.2) is 0 Å². The van der Waals surface area contributed by atoms with Gasteiger partial charge >= 0.3 is 0 Å². The third kappa shape index (κ3) is 3.67. The average Bonchev–Trinajstić information content (AvgIpc) is 2.89. The van der Waals surface area contributed by atoms with Crippen LogP contribution in [0, 0.1) is 5.41 Å². The Balaban J connectivity index is 0.000000606. The Morgan fingerprint density at radius 2 is 1.81 bits per heavy atom. The molecule has 2 aliphatic rings. The molecule has 0 unspecified atom stereocenters. The second-order valence-electron chi connectivity index (χ2n) is 4.75. The molecule has 16 heavy (non-hydrogen) atoms. The Morgan fingerprint density at radius 3 is 2.19 bits per heavy atom. The minimum atomic E-state index is -2.46. The van der Waals surface area contributed by atoms with Crippen molar-refractivity contribution in [3.63, 3.8) is 0 Å². The van der Waals surface area contributed by atoms with Gasteiger partial charge in [0, 0.05) is 32.0 Å². The Morgan fingerprint density at radius 1 is 1.19 bits per heavy atom. The number of hydrogen-bond acceptors (Lipinski definition) is 2. The predicted octanol–water partition coefficient (Wildman–Crippen LogP) is 2.78. The Bertz CT molecular complexity index is 217. The van der Waals surface area contributed by atoms with Crippen molar-refractivity contribution in [2.75, 3.05) is 33.4 Å². The van der Waals surface area contributed by atoms with Gasteiger partial charge in [0.1, 0.15) is 0 Å². The molecule has 0 atom stereocenters. The van der Waals surface area contributed by atoms with Crippen molar-refractivity contribution >= 4 is 0 Å². The molecule has 2 nitrogen and oxygen atoms in total. The number of alkyl halides is 2. The first-order valence-electron chi connectivity index (χ1n) is 6.14. The Hall–Kier alpha value is -0.220. The molecule has 1 aliphatic carbocycles. The topological polar surface area (TPSA) is 12.5 Å². The highest BCUT2D eigenvalue weighted by Gasteiger charge is 2.47. The van der Waals surface area contributed by atoms with E-state index in [0.29, 0.717) is 6.54 Å². The van der Waals surface area contributed by atoms with Crippen LogP contribution in [0.5, 0.6) is 0 Å². The number of methoxy groups -OCH3 is 1. The maximum atomic E-state index is 12.9. The molecule has 1 aliphatic heterocycles. The van der Waals surface area contributed by atoms with E-state index in [1.165, 1.54) is 0 Å². The van der Waals surface area contributed by atoms with E-state index in [4.69, 9.17) is 4.74 Å². The smallest absolute Gasteiger partial charge is 0.261 e. The number of ether oxygens (including phenoxy) is 1. The van der Waals surface area contributed by atoms with Crippen LogP contribution < -0.4 is 0 Å². The lowest BCUT2D eigenvalue weighted by molar-refractivity contribution is 0.00832. The predicted molar refractivity (Wildman–Crippen MR) is 60.9 cm³/mol. The zero-order chi connectivity index (χ0) is 12.2. The lowest BCUT2D eigenvalue weighted by Gasteiger charge is -2.22. The van der Waals surface area contributed by atoms with Gasteiger partial charge in [-0.3, -0.25) is 4.90 Å². The van der Waals surface area contributed by atoms with E-state index in [-0.39, 0.29) is 18.4 Å². The lowest BCUT2D eigenvalue weighted by atomic mass is 10.1. The third-order valence-corrected chi connectivity index (χ3v) is 3.22. The van der Waals surface area contributed by atoms with Crippen LogP contribution in [-0.4, -0.2) is 44.2 Å². The van der Waals surface area contributed by atoms with Gasteiger partial charge in [-0.1, -0.05) is 13.8 Å². The summed E-state index contributed by atoms with van der Waals surface area (Å²) in [6.07, 6.45) is 2.28. The minimum Gasteiger partial charge on any atom is -0.384 e. The molecule has 0 aromatic heterocycles. The molecule has 96 valence electrons. The summed E-state index contributed by atoms with van der Waals surface area (Å²) in [4.78, 5) is 1.88. The fourth-order valence-electron chi connectivity index (χ4n) is 2.25. The van der Waals surface area contributed by atoms with Crippen molar-refractivity contribution in [3.05, 3.63) is 0 Å². The number of halogens is 2. The van der Waals surface area contributed by atoms with E-state index in [1.807, 2.05) is 18.7 Å². The standard InChI is InChI=1S/C10H17F2NO.C2H6/c1-14-8-9(2-3-9)6-13-5-4-10(11,12)7-13;1-2/h2-8H2,1H3;1-2H3. The van der Waals surface area contributed by atoms with Gasteiger partial charge in [-0.15, -0.1) is 0 Å². The first-order chi connectivity index (χ1) is 7.55. The molecule has 1 saturated carbocycles. The van der Waals surface area contributed by atoms with Crippen LogP contribution in [0.15, 0.2) is 0 Å². The summed E-state index contributed by atoms with van der Waals surface area (Å²) >= 11 is 0. The molecule has 4 heteroatoms. The van der Waals surface area contributed by atoms with Gasteiger partial charge in [0.25, 0.3) is 5.92 Å². The lowest BCUT2D eigenvalue weighted by Crippen LogP contribution is -2.32. The molecule has 0 amide bonds. The Labute approximate surface area is 97.0 Å². The van der Waals surface area contributed by atoms with E-state index in [9.17, 15) is 8.78 Å². The van der Waals surface area contributed by atoms with Gasteiger partial charge in [0.2, 0.25) is 0 Å². The zero-order valence-corrected chi connectivity index (χ0v) is 10.6. The third-order valence-electron chi connectivity index (χ3n) is 3.22. The van der Waals surface area contributed by atoms with Gasteiger partial charge in [-0.05, 0) is 12.8 Å². The summed E-state index contributed by atoms with van der Waals surface area (Å²) in [5, 5.41) is 0. The van der Waals surface area contributed by atoms with Crippen molar-refractivity contribution < 1.29 is 13.5 Å². The molecular formula is C12H23F2NO. The molecule has 0 spiro atoms. The molecule has 0 bridgehead atoms. The highest BCUT2D eigenvalue weighted by atomic mass is 19.3. The summed E-state index contributed by atoms with van der Waals surface area (Å²) in [7, 11) is 1.68. The summed E-state index contributed by atoms with van der Waals surface area (Å²) in [5.41, 5.74) is 0.204. The van der Waals surface area contributed by atoms with Crippen LogP contribution in [0.25, 0.3) is 0 Å². The fraction of sp³-hybridized carbons (Fsp3) is 1.00. The monoisotopic (exact) mass is 235 g/mol. The SMILES string of the molecule is CC.COCC1(CN2CCC(F)(F)C2)CC1. The summed E-state index contributed by atoms with van der Waals surface area (Å²) in [6, 6.07) is 0. The second kappa shape index (κ2) is 5.41. The first kappa shape index (κ1) is 13.8. The average molecular weight is 235 g/mol. The molecule has 0 aromatic carbocycles. The zero-order valence-electron chi connectivity index (χ0n) is 10.6. The van der Waals surface area contributed by atoms with Crippen molar-refractivity contribution in [1.29, 1.82) is 0 Å². The van der Waals surface area contributed by atoms with Crippen LogP contribution >= 0.6 is 0 Å². The van der Waals surface area contributed by atoms with Gasteiger partial charge in [-0.2, -0.15) is 0 Å². The molecule has 1 saturated heterocycles. The van der Waals surface area contributed by atoms with E-state index in [1.54, 1.807) is 7.11 Å². The maximum Gasteiger partial charge on any atom is 0.261 e. The van der Waals surface area contributed by atoms with Crippen molar-refractivity contribution in [2.24, 2.45) is 5.41 Å². The van der Waals surface area contributed by atoms with Gasteiger partial charge in [0.05, 0.1) is 13.2 Å². The fourth-order valence-corrected chi connectivity index (χ4v) is 2.25. The highest BCUT2D eigenvalue weighted by Crippen LogP contribution is 2.47. The van der Waals surface area contributed by atoms with Crippen LogP contribution in [0.3, 0.4) is 0 Å². The van der Waals surface area contributed by atoms with Crippen LogP contribution in [0.1, 0.15) is 33.1 Å². The normalized spacial score (nSPS) is 26.1. The van der Waals surface area contributed by atoms with Gasteiger partial charge < -0.3 is 4.74 Å². The molecule has 2 fully saturated rings. The van der Waals surface area contributed by atoms with Gasteiger partial charge in [-0.25, -0.2) is 8.78 Å². The van der Waals surface area contributed by atoms with Crippen LogP contribution in [0.2, 0.25) is 0 Å². The maximum absolute atomic E-state index is 12.9. The molecular weight excluding hydrogens is 212 g/mol. The molecule has 2 rings (SSSR count). The second-order valence-corrected chi connectivity index (χ2v) is 4.75. The van der Waals surface area contributed by atoms with Crippen molar-refractivity contribution in [2.45, 2.75) is 39.0 Å². The van der Waals surface area contributed by atoms with Crippen molar-refractivity contribution in [1.82, 2.24) is 4.90 Å². The first-order valence-corrected chi connectivity index (χ1v) is 6.14. The number of hydrogen-bond donors (Lipinski definition) is 0.